The highest BCUT2D eigenvalue weighted by Crippen LogP contribution is 2.20. The summed E-state index contributed by atoms with van der Waals surface area (Å²) in [6, 6.07) is 8.57. The molecule has 0 spiro atoms. The molecule has 1 fully saturated rings. The Morgan fingerprint density at radius 1 is 1.33 bits per heavy atom. The summed E-state index contributed by atoms with van der Waals surface area (Å²) in [7, 11) is -3.28. The zero-order valence-electron chi connectivity index (χ0n) is 11.3. The number of benzene rings is 1. The fourth-order valence-corrected chi connectivity index (χ4v) is 4.50. The highest BCUT2D eigenvalue weighted by molar-refractivity contribution is 7.91. The average Bonchev–Trinajstić information content (AvgIpc) is 2.70. The van der Waals surface area contributed by atoms with Crippen LogP contribution in [0.15, 0.2) is 30.3 Å². The smallest absolute Gasteiger partial charge is 0.173 e. The highest BCUT2D eigenvalue weighted by Gasteiger charge is 2.40. The molecule has 0 amide bonds. The van der Waals surface area contributed by atoms with Crippen molar-refractivity contribution in [2.45, 2.75) is 12.1 Å². The summed E-state index contributed by atoms with van der Waals surface area (Å²) in [5, 5.41) is 22.4. The van der Waals surface area contributed by atoms with E-state index in [1.54, 1.807) is 0 Å². The molecule has 0 aromatic heterocycles. The fourth-order valence-electron chi connectivity index (χ4n) is 2.35. The monoisotopic (exact) mass is 330 g/mol. The van der Waals surface area contributed by atoms with Crippen LogP contribution in [-0.4, -0.2) is 65.4 Å². The van der Waals surface area contributed by atoms with Crippen molar-refractivity contribution >= 4 is 32.9 Å². The minimum Gasteiger partial charge on any atom is -0.395 e. The van der Waals surface area contributed by atoms with Crippen LogP contribution in [0, 0.1) is 0 Å². The molecule has 0 radical (unpaired) electrons. The quantitative estimate of drug-likeness (QED) is 0.661. The largest absolute Gasteiger partial charge is 0.395 e. The third-order valence-corrected chi connectivity index (χ3v) is 5.36. The van der Waals surface area contributed by atoms with Crippen LogP contribution in [0.2, 0.25) is 0 Å². The van der Waals surface area contributed by atoms with Crippen LogP contribution in [0.4, 0.5) is 5.69 Å². The zero-order valence-corrected chi connectivity index (χ0v) is 13.0. The van der Waals surface area contributed by atoms with Crippen LogP contribution in [0.3, 0.4) is 0 Å². The fraction of sp³-hybridized carbons (Fsp3) is 0.462. The molecule has 2 rings (SSSR count). The maximum absolute atomic E-state index is 11.6. The van der Waals surface area contributed by atoms with Gasteiger partial charge >= 0.3 is 0 Å². The van der Waals surface area contributed by atoms with Crippen molar-refractivity contribution < 1.29 is 18.6 Å². The molecular weight excluding hydrogens is 312 g/mol. The lowest BCUT2D eigenvalue weighted by atomic mass is 10.2. The highest BCUT2D eigenvalue weighted by atomic mass is 32.2. The molecule has 0 bridgehead atoms. The molecule has 1 aliphatic rings. The van der Waals surface area contributed by atoms with Gasteiger partial charge in [0.1, 0.15) is 0 Å². The number of rotatable bonds is 4. The second-order valence-electron chi connectivity index (χ2n) is 4.92. The van der Waals surface area contributed by atoms with Gasteiger partial charge < -0.3 is 20.4 Å². The van der Waals surface area contributed by atoms with E-state index in [0.29, 0.717) is 0 Å². The van der Waals surface area contributed by atoms with Crippen molar-refractivity contribution in [3.8, 4) is 0 Å². The van der Waals surface area contributed by atoms with E-state index in [2.05, 4.69) is 5.32 Å². The first-order valence-corrected chi connectivity index (χ1v) is 8.78. The lowest BCUT2D eigenvalue weighted by Gasteiger charge is -2.32. The van der Waals surface area contributed by atoms with Crippen molar-refractivity contribution in [3.63, 3.8) is 0 Å². The van der Waals surface area contributed by atoms with Crippen LogP contribution < -0.4 is 5.32 Å². The summed E-state index contributed by atoms with van der Waals surface area (Å²) in [6.07, 6.45) is -1.00. The molecule has 21 heavy (non-hydrogen) atoms. The van der Waals surface area contributed by atoms with Crippen LogP contribution in [0.25, 0.3) is 0 Å². The van der Waals surface area contributed by atoms with E-state index >= 15 is 0 Å². The van der Waals surface area contributed by atoms with Crippen molar-refractivity contribution in [2.24, 2.45) is 0 Å². The first kappa shape index (κ1) is 16.2. The Labute approximate surface area is 129 Å². The summed E-state index contributed by atoms with van der Waals surface area (Å²) in [4.78, 5) is 1.54. The summed E-state index contributed by atoms with van der Waals surface area (Å²) in [5.74, 6) is -0.432. The maximum Gasteiger partial charge on any atom is 0.173 e. The predicted molar refractivity (Wildman–Crippen MR) is 84.9 cm³/mol. The molecule has 116 valence electrons. The van der Waals surface area contributed by atoms with Gasteiger partial charge in [0.25, 0.3) is 0 Å². The number of thiocarbonyl (C=S) groups is 1. The zero-order chi connectivity index (χ0) is 15.5. The van der Waals surface area contributed by atoms with Gasteiger partial charge in [0, 0.05) is 12.2 Å². The standard InChI is InChI=1S/C13H18N2O4S2/c16-7-6-15(11-8-21(18,19)9-12(11)17)13(20)14-10-4-2-1-3-5-10/h1-5,11-12,16-17H,6-9H2,(H,14,20)/t11-,12+/m1/s1. The second kappa shape index (κ2) is 6.69. The van der Waals surface area contributed by atoms with E-state index in [0.717, 1.165) is 5.69 Å². The average molecular weight is 330 g/mol. The number of aliphatic hydroxyl groups is 2. The molecule has 3 N–H and O–H groups in total. The van der Waals surface area contributed by atoms with Gasteiger partial charge in [-0.2, -0.15) is 0 Å². The Morgan fingerprint density at radius 2 is 2.00 bits per heavy atom. The normalized spacial score (nSPS) is 23.7. The number of nitrogens with one attached hydrogen (secondary N) is 1. The number of anilines is 1. The van der Waals surface area contributed by atoms with Gasteiger partial charge in [-0.05, 0) is 24.4 Å². The van der Waals surface area contributed by atoms with E-state index in [9.17, 15) is 13.5 Å². The molecule has 0 saturated carbocycles. The Kier molecular flexibility index (Phi) is 5.15. The SMILES string of the molecule is O=S1(=O)C[C@@H](N(CCO)C(=S)Nc2ccccc2)[C@@H](O)C1. The Balaban J connectivity index is 2.13. The van der Waals surface area contributed by atoms with Gasteiger partial charge in [-0.1, -0.05) is 18.2 Å². The molecule has 6 nitrogen and oxygen atoms in total. The number of sulfone groups is 1. The van der Waals surface area contributed by atoms with Gasteiger partial charge in [0.05, 0.1) is 30.3 Å². The van der Waals surface area contributed by atoms with Gasteiger partial charge in [0.15, 0.2) is 14.9 Å². The first-order chi connectivity index (χ1) is 9.93. The molecule has 0 unspecified atom stereocenters. The van der Waals surface area contributed by atoms with Crippen LogP contribution in [0.5, 0.6) is 0 Å². The number of para-hydroxylation sites is 1. The van der Waals surface area contributed by atoms with E-state index in [4.69, 9.17) is 17.3 Å². The van der Waals surface area contributed by atoms with E-state index in [1.165, 1.54) is 4.90 Å². The molecule has 1 heterocycles. The summed E-state index contributed by atoms with van der Waals surface area (Å²) >= 11 is 5.29. The molecular formula is C13H18N2O4S2. The number of hydrogen-bond donors (Lipinski definition) is 3. The van der Waals surface area contributed by atoms with Crippen LogP contribution >= 0.6 is 12.2 Å². The van der Waals surface area contributed by atoms with Gasteiger partial charge in [-0.3, -0.25) is 0 Å². The first-order valence-electron chi connectivity index (χ1n) is 6.55. The summed E-state index contributed by atoms with van der Waals surface area (Å²) in [5.41, 5.74) is 0.765. The van der Waals surface area contributed by atoms with Crippen LogP contribution in [-0.2, 0) is 9.84 Å². The minimum atomic E-state index is -3.28. The minimum absolute atomic E-state index is 0.162. The second-order valence-corrected chi connectivity index (χ2v) is 7.47. The molecule has 1 aliphatic heterocycles. The third kappa shape index (κ3) is 4.13. The molecule has 2 atom stereocenters. The number of nitrogens with zero attached hydrogens (tertiary/aromatic N) is 1. The Hall–Kier alpha value is -1.22. The lowest BCUT2D eigenvalue weighted by molar-refractivity contribution is 0.113. The van der Waals surface area contributed by atoms with Crippen molar-refractivity contribution in [3.05, 3.63) is 30.3 Å². The van der Waals surface area contributed by atoms with Gasteiger partial charge in [-0.15, -0.1) is 0 Å². The Bertz CT molecular complexity index is 591. The summed E-state index contributed by atoms with van der Waals surface area (Å²) < 4.78 is 23.3. The van der Waals surface area contributed by atoms with E-state index < -0.39 is 22.0 Å². The molecule has 8 heteroatoms. The maximum atomic E-state index is 11.6. The number of aliphatic hydroxyl groups excluding tert-OH is 2. The van der Waals surface area contributed by atoms with Crippen molar-refractivity contribution in [1.82, 2.24) is 4.90 Å². The Morgan fingerprint density at radius 3 is 2.52 bits per heavy atom. The van der Waals surface area contributed by atoms with Crippen molar-refractivity contribution in [2.75, 3.05) is 30.0 Å². The topological polar surface area (TPSA) is 89.9 Å². The summed E-state index contributed by atoms with van der Waals surface area (Å²) in [6.45, 7) is -0.0181. The molecule has 1 saturated heterocycles. The third-order valence-electron chi connectivity index (χ3n) is 3.32. The number of hydrogen-bond acceptors (Lipinski definition) is 5. The van der Waals surface area contributed by atoms with Gasteiger partial charge in [-0.25, -0.2) is 8.42 Å². The predicted octanol–water partition coefficient (Wildman–Crippen LogP) is -0.164. The lowest BCUT2D eigenvalue weighted by Crippen LogP contribution is -2.49. The molecule has 0 aliphatic carbocycles. The van der Waals surface area contributed by atoms with Crippen molar-refractivity contribution in [1.29, 1.82) is 0 Å². The molecule has 1 aromatic rings. The van der Waals surface area contributed by atoms with E-state index in [-0.39, 0.29) is 29.8 Å². The van der Waals surface area contributed by atoms with E-state index in [1.807, 2.05) is 30.3 Å². The van der Waals surface area contributed by atoms with Gasteiger partial charge in [0.2, 0.25) is 0 Å². The molecule has 1 aromatic carbocycles. The van der Waals surface area contributed by atoms with Crippen LogP contribution in [0.1, 0.15) is 0 Å².